The molecule has 0 saturated carbocycles. The molecule has 2 aromatic rings. The summed E-state index contributed by atoms with van der Waals surface area (Å²) in [6.45, 7) is 0.949. The number of amides is 1. The number of carbonyl (C=O) groups excluding carboxylic acids is 2. The normalized spacial score (nSPS) is 19.8. The van der Waals surface area contributed by atoms with Crippen LogP contribution in [0.1, 0.15) is 17.4 Å². The van der Waals surface area contributed by atoms with Crippen LogP contribution < -0.4 is 0 Å². The van der Waals surface area contributed by atoms with E-state index in [0.29, 0.717) is 24.4 Å². The van der Waals surface area contributed by atoms with Crippen LogP contribution in [0.3, 0.4) is 0 Å². The molecule has 1 fully saturated rings. The van der Waals surface area contributed by atoms with E-state index in [9.17, 15) is 14.7 Å². The van der Waals surface area contributed by atoms with Crippen molar-refractivity contribution >= 4 is 17.4 Å². The van der Waals surface area contributed by atoms with Crippen molar-refractivity contribution in [3.05, 3.63) is 65.6 Å². The predicted molar refractivity (Wildman–Crippen MR) is 92.7 cm³/mol. The molecule has 130 valence electrons. The minimum atomic E-state index is -0.727. The van der Waals surface area contributed by atoms with Crippen molar-refractivity contribution in [1.82, 2.24) is 9.80 Å². The van der Waals surface area contributed by atoms with Gasteiger partial charge in [-0.3, -0.25) is 9.59 Å². The lowest BCUT2D eigenvalue weighted by Gasteiger charge is -2.24. The van der Waals surface area contributed by atoms with Gasteiger partial charge in [-0.1, -0.05) is 30.3 Å². The molecule has 6 heteroatoms. The first-order chi connectivity index (χ1) is 12.0. The SMILES string of the molecule is CN(C)CCN1C(=O)C(=O)/C(=C(/O)c2ccccc2)[C@H]1c1ccco1. The smallest absolute Gasteiger partial charge is 0.295 e. The molecular weight excluding hydrogens is 320 g/mol. The van der Waals surface area contributed by atoms with Crippen molar-refractivity contribution in [3.8, 4) is 0 Å². The molecule has 1 atom stereocenters. The largest absolute Gasteiger partial charge is 0.507 e. The summed E-state index contributed by atoms with van der Waals surface area (Å²) in [4.78, 5) is 28.5. The third-order valence-corrected chi connectivity index (χ3v) is 4.19. The summed E-state index contributed by atoms with van der Waals surface area (Å²) in [7, 11) is 3.78. The van der Waals surface area contributed by atoms with Crippen LogP contribution in [0.2, 0.25) is 0 Å². The lowest BCUT2D eigenvalue weighted by molar-refractivity contribution is -0.140. The van der Waals surface area contributed by atoms with E-state index >= 15 is 0 Å². The number of likely N-dealkylation sites (tertiary alicyclic amines) is 1. The van der Waals surface area contributed by atoms with Crippen LogP contribution in [-0.2, 0) is 9.59 Å². The van der Waals surface area contributed by atoms with Gasteiger partial charge in [-0.25, -0.2) is 0 Å². The Morgan fingerprint density at radius 3 is 2.48 bits per heavy atom. The monoisotopic (exact) mass is 340 g/mol. The van der Waals surface area contributed by atoms with Crippen molar-refractivity contribution in [2.45, 2.75) is 6.04 Å². The molecule has 6 nitrogen and oxygen atoms in total. The Morgan fingerprint density at radius 1 is 1.16 bits per heavy atom. The fraction of sp³-hybridized carbons (Fsp3) is 0.263. The number of benzene rings is 1. The van der Waals surface area contributed by atoms with Crippen LogP contribution in [0.25, 0.3) is 5.76 Å². The number of furan rings is 1. The Labute approximate surface area is 146 Å². The maximum absolute atomic E-state index is 12.6. The summed E-state index contributed by atoms with van der Waals surface area (Å²) in [6, 6.07) is 11.4. The third-order valence-electron chi connectivity index (χ3n) is 4.19. The Kier molecular flexibility index (Phi) is 4.72. The molecule has 25 heavy (non-hydrogen) atoms. The lowest BCUT2D eigenvalue weighted by atomic mass is 9.99. The van der Waals surface area contributed by atoms with E-state index in [2.05, 4.69) is 0 Å². The van der Waals surface area contributed by atoms with Gasteiger partial charge in [0, 0.05) is 18.7 Å². The summed E-state index contributed by atoms with van der Waals surface area (Å²) in [5.41, 5.74) is 0.551. The van der Waals surface area contributed by atoms with E-state index in [1.807, 2.05) is 25.1 Å². The van der Waals surface area contributed by atoms with E-state index in [0.717, 1.165) is 0 Å². The molecule has 1 N–H and O–H groups in total. The van der Waals surface area contributed by atoms with Crippen molar-refractivity contribution < 1.29 is 19.1 Å². The highest BCUT2D eigenvalue weighted by molar-refractivity contribution is 6.46. The first-order valence-electron chi connectivity index (χ1n) is 8.02. The number of likely N-dealkylation sites (N-methyl/N-ethyl adjacent to an activating group) is 1. The van der Waals surface area contributed by atoms with Gasteiger partial charge in [-0.15, -0.1) is 0 Å². The average molecular weight is 340 g/mol. The van der Waals surface area contributed by atoms with E-state index in [1.165, 1.54) is 11.2 Å². The van der Waals surface area contributed by atoms with Crippen LogP contribution in [-0.4, -0.2) is 53.8 Å². The molecule has 2 heterocycles. The number of nitrogens with zero attached hydrogens (tertiary/aromatic N) is 2. The van der Waals surface area contributed by atoms with Crippen molar-refractivity contribution in [1.29, 1.82) is 0 Å². The molecule has 0 spiro atoms. The molecule has 1 aromatic carbocycles. The maximum Gasteiger partial charge on any atom is 0.295 e. The van der Waals surface area contributed by atoms with Gasteiger partial charge in [0.1, 0.15) is 17.6 Å². The molecular formula is C19H20N2O4. The molecule has 0 radical (unpaired) electrons. The molecule has 0 aliphatic carbocycles. The number of rotatable bonds is 5. The molecule has 1 aliphatic rings. The zero-order valence-corrected chi connectivity index (χ0v) is 14.2. The Morgan fingerprint density at radius 2 is 1.88 bits per heavy atom. The second-order valence-corrected chi connectivity index (χ2v) is 6.18. The zero-order chi connectivity index (χ0) is 18.0. The lowest BCUT2D eigenvalue weighted by Crippen LogP contribution is -2.35. The van der Waals surface area contributed by atoms with Crippen molar-refractivity contribution in [3.63, 3.8) is 0 Å². The first-order valence-corrected chi connectivity index (χ1v) is 8.02. The maximum atomic E-state index is 12.6. The minimum absolute atomic E-state index is 0.0601. The molecule has 0 bridgehead atoms. The van der Waals surface area contributed by atoms with Gasteiger partial charge in [0.25, 0.3) is 11.7 Å². The number of hydrogen-bond donors (Lipinski definition) is 1. The second-order valence-electron chi connectivity index (χ2n) is 6.18. The molecule has 1 amide bonds. The number of hydrogen-bond acceptors (Lipinski definition) is 5. The van der Waals surface area contributed by atoms with E-state index in [-0.39, 0.29) is 11.3 Å². The molecule has 1 aliphatic heterocycles. The van der Waals surface area contributed by atoms with Crippen LogP contribution in [0, 0.1) is 0 Å². The number of aliphatic hydroxyl groups excluding tert-OH is 1. The van der Waals surface area contributed by atoms with Crippen LogP contribution in [0.15, 0.2) is 58.7 Å². The van der Waals surface area contributed by atoms with Gasteiger partial charge in [-0.05, 0) is 26.2 Å². The quantitative estimate of drug-likeness (QED) is 0.513. The van der Waals surface area contributed by atoms with E-state index in [4.69, 9.17) is 4.42 Å². The van der Waals surface area contributed by atoms with Crippen molar-refractivity contribution in [2.24, 2.45) is 0 Å². The minimum Gasteiger partial charge on any atom is -0.507 e. The zero-order valence-electron chi connectivity index (χ0n) is 14.2. The summed E-state index contributed by atoms with van der Waals surface area (Å²) in [5.74, 6) is -1.05. The number of ketones is 1. The third kappa shape index (κ3) is 3.21. The summed E-state index contributed by atoms with van der Waals surface area (Å²) < 4.78 is 5.46. The predicted octanol–water partition coefficient (Wildman–Crippen LogP) is 2.26. The Hall–Kier alpha value is -2.86. The second kappa shape index (κ2) is 6.94. The van der Waals surface area contributed by atoms with Crippen LogP contribution in [0.5, 0.6) is 0 Å². The van der Waals surface area contributed by atoms with E-state index in [1.54, 1.807) is 36.4 Å². The fourth-order valence-electron chi connectivity index (χ4n) is 2.91. The summed E-state index contributed by atoms with van der Waals surface area (Å²) >= 11 is 0. The van der Waals surface area contributed by atoms with Gasteiger partial charge in [-0.2, -0.15) is 0 Å². The van der Waals surface area contributed by atoms with Gasteiger partial charge >= 0.3 is 0 Å². The summed E-state index contributed by atoms with van der Waals surface area (Å²) in [5, 5.41) is 10.7. The topological polar surface area (TPSA) is 74.0 Å². The highest BCUT2D eigenvalue weighted by atomic mass is 16.3. The Bertz CT molecular complexity index is 794. The van der Waals surface area contributed by atoms with Gasteiger partial charge in [0.05, 0.1) is 11.8 Å². The van der Waals surface area contributed by atoms with E-state index < -0.39 is 17.7 Å². The first kappa shape index (κ1) is 17.0. The van der Waals surface area contributed by atoms with Crippen LogP contribution >= 0.6 is 0 Å². The van der Waals surface area contributed by atoms with Gasteiger partial charge < -0.3 is 19.3 Å². The van der Waals surface area contributed by atoms with Crippen LogP contribution in [0.4, 0.5) is 0 Å². The fourth-order valence-corrected chi connectivity index (χ4v) is 2.91. The van der Waals surface area contributed by atoms with Gasteiger partial charge in [0.15, 0.2) is 0 Å². The molecule has 3 rings (SSSR count). The number of carbonyl (C=O) groups is 2. The molecule has 1 saturated heterocycles. The standard InChI is InChI=1S/C19H20N2O4/c1-20(2)10-11-21-16(14-9-6-12-25-14)15(18(23)19(21)24)17(22)13-7-4-3-5-8-13/h3-9,12,16,22H,10-11H2,1-2H3/b17-15+/t16-/m1/s1. The number of Topliss-reactive ketones (excluding diaryl/α,β-unsaturated/α-hetero) is 1. The highest BCUT2D eigenvalue weighted by Gasteiger charge is 2.47. The summed E-state index contributed by atoms with van der Waals surface area (Å²) in [6.07, 6.45) is 1.49. The highest BCUT2D eigenvalue weighted by Crippen LogP contribution is 2.39. The Balaban J connectivity index is 2.09. The number of aliphatic hydroxyl groups is 1. The van der Waals surface area contributed by atoms with Gasteiger partial charge in [0.2, 0.25) is 0 Å². The van der Waals surface area contributed by atoms with Crippen molar-refractivity contribution in [2.75, 3.05) is 27.2 Å². The average Bonchev–Trinajstić information content (AvgIpc) is 3.21. The molecule has 1 aromatic heterocycles. The molecule has 0 unspecified atom stereocenters.